The highest BCUT2D eigenvalue weighted by atomic mass is 32.2. The summed E-state index contributed by atoms with van der Waals surface area (Å²) in [6.45, 7) is 3.31. The average molecular weight is 317 g/mol. The van der Waals surface area contributed by atoms with Crippen LogP contribution in [0.5, 0.6) is 0 Å². The molecule has 1 aromatic heterocycles. The Balaban J connectivity index is 2.20. The minimum absolute atomic E-state index is 0.0919. The van der Waals surface area contributed by atoms with Crippen molar-refractivity contribution >= 4 is 16.0 Å². The highest BCUT2D eigenvalue weighted by molar-refractivity contribution is 7.89. The van der Waals surface area contributed by atoms with Crippen molar-refractivity contribution in [2.24, 2.45) is 0 Å². The first-order valence-corrected chi connectivity index (χ1v) is 8.15. The van der Waals surface area contributed by atoms with Crippen LogP contribution in [0.2, 0.25) is 0 Å². The molecule has 0 aliphatic heterocycles. The van der Waals surface area contributed by atoms with Gasteiger partial charge >= 0.3 is 5.97 Å². The highest BCUT2D eigenvalue weighted by Gasteiger charge is 2.33. The van der Waals surface area contributed by atoms with Gasteiger partial charge in [-0.2, -0.15) is 5.10 Å². The number of carbonyl (C=O) groups is 1. The second-order valence-electron chi connectivity index (χ2n) is 5.31. The third-order valence-electron chi connectivity index (χ3n) is 3.56. The predicted molar refractivity (Wildman–Crippen MR) is 73.3 cm³/mol. The second kappa shape index (κ2) is 5.74. The molecule has 1 aliphatic rings. The maximum Gasteiger partial charge on any atom is 0.305 e. The zero-order valence-corrected chi connectivity index (χ0v) is 12.7. The number of hydrogen-bond donors (Lipinski definition) is 3. The molecule has 0 spiro atoms. The number of aliphatic hydroxyl groups excluding tert-OH is 1. The second-order valence-corrected chi connectivity index (χ2v) is 6.96. The number of hydrogen-bond acceptors (Lipinski definition) is 5. The lowest BCUT2D eigenvalue weighted by molar-refractivity contribution is -0.137. The minimum atomic E-state index is -3.71. The summed E-state index contributed by atoms with van der Waals surface area (Å²) in [6.07, 6.45) is 0.247. The molecule has 1 aliphatic carbocycles. The van der Waals surface area contributed by atoms with E-state index in [1.807, 2.05) is 0 Å². The summed E-state index contributed by atoms with van der Waals surface area (Å²) in [5, 5.41) is 22.0. The lowest BCUT2D eigenvalue weighted by Gasteiger charge is -2.31. The maximum atomic E-state index is 12.4. The fourth-order valence-electron chi connectivity index (χ4n) is 2.45. The molecule has 0 amide bonds. The van der Waals surface area contributed by atoms with Gasteiger partial charge in [0.2, 0.25) is 10.0 Å². The van der Waals surface area contributed by atoms with Crippen LogP contribution in [0.25, 0.3) is 0 Å². The number of aliphatic hydroxyl groups is 1. The van der Waals surface area contributed by atoms with Crippen molar-refractivity contribution in [3.05, 3.63) is 11.4 Å². The molecule has 21 heavy (non-hydrogen) atoms. The topological polar surface area (TPSA) is 122 Å². The van der Waals surface area contributed by atoms with Crippen molar-refractivity contribution < 1.29 is 23.4 Å². The van der Waals surface area contributed by atoms with E-state index >= 15 is 0 Å². The smallest absolute Gasteiger partial charge is 0.305 e. The number of aryl methyl sites for hydroxylation is 2. The largest absolute Gasteiger partial charge is 0.481 e. The van der Waals surface area contributed by atoms with E-state index in [1.54, 1.807) is 13.8 Å². The number of rotatable bonds is 6. The number of nitrogens with one attached hydrogen (secondary N) is 1. The lowest BCUT2D eigenvalue weighted by atomic mass is 9.91. The molecule has 9 heteroatoms. The van der Waals surface area contributed by atoms with Gasteiger partial charge in [0.25, 0.3) is 0 Å². The quantitative estimate of drug-likeness (QED) is 0.666. The molecule has 0 atom stereocenters. The fourth-order valence-corrected chi connectivity index (χ4v) is 4.12. The Hall–Kier alpha value is -1.45. The van der Waals surface area contributed by atoms with Gasteiger partial charge in [0.1, 0.15) is 4.90 Å². The molecule has 0 aromatic carbocycles. The molecular weight excluding hydrogens is 298 g/mol. The predicted octanol–water partition coefficient (Wildman–Crippen LogP) is -0.224. The summed E-state index contributed by atoms with van der Waals surface area (Å²) in [6, 6.07) is -0.258. The number of nitrogens with zero attached hydrogens (tertiary/aromatic N) is 2. The van der Waals surface area contributed by atoms with E-state index < -0.39 is 22.1 Å². The van der Waals surface area contributed by atoms with Gasteiger partial charge in [-0.05, 0) is 26.7 Å². The molecule has 2 rings (SSSR count). The fraction of sp³-hybridized carbons (Fsp3) is 0.667. The van der Waals surface area contributed by atoms with Gasteiger partial charge in [0, 0.05) is 6.04 Å². The van der Waals surface area contributed by atoms with Crippen LogP contribution in [0.3, 0.4) is 0 Å². The number of aromatic nitrogens is 2. The molecule has 1 aromatic rings. The van der Waals surface area contributed by atoms with E-state index in [1.165, 1.54) is 4.68 Å². The first-order chi connectivity index (χ1) is 9.70. The third-order valence-corrected chi connectivity index (χ3v) is 5.33. The maximum absolute atomic E-state index is 12.4. The first kappa shape index (κ1) is 15.9. The average Bonchev–Trinajstić information content (AvgIpc) is 2.60. The zero-order chi connectivity index (χ0) is 15.8. The van der Waals surface area contributed by atoms with Crippen LogP contribution in [-0.4, -0.2) is 46.5 Å². The Kier molecular flexibility index (Phi) is 4.35. The molecule has 0 radical (unpaired) electrons. The summed E-state index contributed by atoms with van der Waals surface area (Å²) in [4.78, 5) is 10.7. The summed E-state index contributed by atoms with van der Waals surface area (Å²) < 4.78 is 28.7. The summed E-state index contributed by atoms with van der Waals surface area (Å²) in [7, 11) is -3.71. The van der Waals surface area contributed by atoms with Gasteiger partial charge in [-0.3, -0.25) is 9.48 Å². The number of sulfonamides is 1. The first-order valence-electron chi connectivity index (χ1n) is 6.67. The molecule has 0 bridgehead atoms. The van der Waals surface area contributed by atoms with Crippen LogP contribution >= 0.6 is 0 Å². The van der Waals surface area contributed by atoms with E-state index in [9.17, 15) is 18.3 Å². The zero-order valence-electron chi connectivity index (χ0n) is 11.9. The molecule has 0 saturated heterocycles. The van der Waals surface area contributed by atoms with Crippen molar-refractivity contribution in [2.75, 3.05) is 0 Å². The number of carboxylic acid groups (broad SMARTS) is 1. The van der Waals surface area contributed by atoms with Crippen molar-refractivity contribution in [1.82, 2.24) is 14.5 Å². The molecular formula is C12H19N3O5S. The Bertz CT molecular complexity index is 646. The van der Waals surface area contributed by atoms with Gasteiger partial charge in [0.15, 0.2) is 0 Å². The Morgan fingerprint density at radius 3 is 2.57 bits per heavy atom. The molecule has 1 saturated carbocycles. The molecule has 3 N–H and O–H groups in total. The monoisotopic (exact) mass is 317 g/mol. The SMILES string of the molecule is Cc1nn(CCC(=O)O)c(C)c1S(=O)(=O)NC1CC(O)C1. The van der Waals surface area contributed by atoms with Crippen LogP contribution in [-0.2, 0) is 21.4 Å². The lowest BCUT2D eigenvalue weighted by Crippen LogP contribution is -2.46. The van der Waals surface area contributed by atoms with Crippen molar-refractivity contribution in [3.63, 3.8) is 0 Å². The van der Waals surface area contributed by atoms with Gasteiger partial charge in [0.05, 0.1) is 30.5 Å². The van der Waals surface area contributed by atoms with E-state index in [2.05, 4.69) is 9.82 Å². The Labute approximate surface area is 122 Å². The molecule has 8 nitrogen and oxygen atoms in total. The van der Waals surface area contributed by atoms with Gasteiger partial charge in [-0.15, -0.1) is 0 Å². The van der Waals surface area contributed by atoms with Gasteiger partial charge in [-0.25, -0.2) is 13.1 Å². The van der Waals surface area contributed by atoms with E-state index in [0.717, 1.165) is 0 Å². The number of carboxylic acids is 1. The molecule has 118 valence electrons. The summed E-state index contributed by atoms with van der Waals surface area (Å²) in [5.74, 6) is -0.964. The summed E-state index contributed by atoms with van der Waals surface area (Å²) in [5.41, 5.74) is 0.756. The molecule has 1 heterocycles. The Morgan fingerprint density at radius 1 is 1.43 bits per heavy atom. The third kappa shape index (κ3) is 3.42. The van der Waals surface area contributed by atoms with Gasteiger partial charge in [-0.1, -0.05) is 0 Å². The van der Waals surface area contributed by atoms with Crippen molar-refractivity contribution in [2.45, 2.75) is 56.7 Å². The highest BCUT2D eigenvalue weighted by Crippen LogP contribution is 2.25. The van der Waals surface area contributed by atoms with Crippen LogP contribution in [0.15, 0.2) is 4.90 Å². The van der Waals surface area contributed by atoms with E-state index in [0.29, 0.717) is 24.2 Å². The normalized spacial score (nSPS) is 22.0. The number of aliphatic carboxylic acids is 1. The summed E-state index contributed by atoms with van der Waals surface area (Å²) >= 11 is 0. The Morgan fingerprint density at radius 2 is 2.05 bits per heavy atom. The van der Waals surface area contributed by atoms with Crippen LogP contribution in [0.1, 0.15) is 30.7 Å². The molecule has 1 fully saturated rings. The van der Waals surface area contributed by atoms with Crippen LogP contribution in [0, 0.1) is 13.8 Å². The molecule has 0 unspecified atom stereocenters. The van der Waals surface area contributed by atoms with Crippen LogP contribution in [0.4, 0.5) is 0 Å². The van der Waals surface area contributed by atoms with E-state index in [-0.39, 0.29) is 23.9 Å². The standard InChI is InChI=1S/C12H19N3O5S/c1-7-12(8(2)15(13-7)4-3-11(17)18)21(19,20)14-9-5-10(16)6-9/h9-10,14,16H,3-6H2,1-2H3,(H,17,18). The minimum Gasteiger partial charge on any atom is -0.481 e. The van der Waals surface area contributed by atoms with Crippen LogP contribution < -0.4 is 4.72 Å². The van der Waals surface area contributed by atoms with Crippen molar-refractivity contribution in [3.8, 4) is 0 Å². The van der Waals surface area contributed by atoms with Gasteiger partial charge < -0.3 is 10.2 Å². The van der Waals surface area contributed by atoms with E-state index in [4.69, 9.17) is 5.11 Å². The van der Waals surface area contributed by atoms with Crippen molar-refractivity contribution in [1.29, 1.82) is 0 Å².